The molecule has 0 bridgehead atoms. The summed E-state index contributed by atoms with van der Waals surface area (Å²) in [7, 11) is 0. The van der Waals surface area contributed by atoms with E-state index in [0.29, 0.717) is 10.0 Å². The Morgan fingerprint density at radius 3 is 2.80 bits per heavy atom. The Hall–Kier alpha value is -0.700. The van der Waals surface area contributed by atoms with E-state index in [1.54, 1.807) is 6.07 Å². The summed E-state index contributed by atoms with van der Waals surface area (Å²) in [5.74, 6) is 0. The molecule has 0 unspecified atom stereocenters. The number of halogens is 2. The summed E-state index contributed by atoms with van der Waals surface area (Å²) >= 11 is 12.0. The van der Waals surface area contributed by atoms with Gasteiger partial charge in [-0.15, -0.1) is 0 Å². The highest BCUT2D eigenvalue weighted by Gasteiger charge is 2.05. The van der Waals surface area contributed by atoms with Crippen molar-refractivity contribution in [2.75, 3.05) is 6.54 Å². The van der Waals surface area contributed by atoms with E-state index in [-0.39, 0.29) is 0 Å². The van der Waals surface area contributed by atoms with Crippen LogP contribution in [-0.4, -0.2) is 11.5 Å². The lowest BCUT2D eigenvalue weighted by molar-refractivity contribution is 0.715. The van der Waals surface area contributed by atoms with Gasteiger partial charge in [-0.2, -0.15) is 0 Å². The Morgan fingerprint density at radius 1 is 1.27 bits per heavy atom. The molecule has 2 nitrogen and oxygen atoms in total. The average molecular weight is 243 g/mol. The van der Waals surface area contributed by atoms with E-state index in [2.05, 4.69) is 23.3 Å². The van der Waals surface area contributed by atoms with Crippen LogP contribution in [-0.2, 0) is 6.54 Å². The summed E-state index contributed by atoms with van der Waals surface area (Å²) in [6.45, 7) is 3.84. The van der Waals surface area contributed by atoms with Gasteiger partial charge < -0.3 is 10.3 Å². The van der Waals surface area contributed by atoms with Gasteiger partial charge in [0, 0.05) is 22.6 Å². The molecule has 1 aromatic heterocycles. The van der Waals surface area contributed by atoms with Gasteiger partial charge in [0.2, 0.25) is 0 Å². The van der Waals surface area contributed by atoms with Gasteiger partial charge in [-0.05, 0) is 24.7 Å². The number of rotatable bonds is 3. The van der Waals surface area contributed by atoms with Gasteiger partial charge in [-0.1, -0.05) is 30.1 Å². The van der Waals surface area contributed by atoms with E-state index in [4.69, 9.17) is 23.2 Å². The van der Waals surface area contributed by atoms with E-state index in [0.717, 1.165) is 29.7 Å². The van der Waals surface area contributed by atoms with Crippen LogP contribution in [0.2, 0.25) is 10.0 Å². The first-order chi connectivity index (χ1) is 7.20. The third kappa shape index (κ3) is 2.28. The van der Waals surface area contributed by atoms with Crippen LogP contribution in [0.25, 0.3) is 10.9 Å². The molecule has 0 aliphatic rings. The van der Waals surface area contributed by atoms with Crippen molar-refractivity contribution >= 4 is 34.1 Å². The number of hydrogen-bond acceptors (Lipinski definition) is 1. The van der Waals surface area contributed by atoms with E-state index in [1.165, 1.54) is 0 Å². The van der Waals surface area contributed by atoms with Crippen LogP contribution < -0.4 is 5.32 Å². The number of aromatic amines is 1. The summed E-state index contributed by atoms with van der Waals surface area (Å²) in [6, 6.07) is 5.73. The van der Waals surface area contributed by atoms with Gasteiger partial charge in [0.15, 0.2) is 0 Å². The monoisotopic (exact) mass is 242 g/mol. The fourth-order valence-corrected chi connectivity index (χ4v) is 2.13. The highest BCUT2D eigenvalue weighted by Crippen LogP contribution is 2.27. The third-order valence-electron chi connectivity index (χ3n) is 2.27. The second-order valence-corrected chi connectivity index (χ2v) is 4.27. The number of fused-ring (bicyclic) bond motifs is 1. The normalized spacial score (nSPS) is 11.1. The summed E-state index contributed by atoms with van der Waals surface area (Å²) in [6.07, 6.45) is 0. The van der Waals surface area contributed by atoms with Gasteiger partial charge in [0.25, 0.3) is 0 Å². The van der Waals surface area contributed by atoms with E-state index in [1.807, 2.05) is 6.07 Å². The predicted octanol–water partition coefficient (Wildman–Crippen LogP) is 3.58. The molecule has 0 atom stereocenters. The molecule has 0 amide bonds. The zero-order chi connectivity index (χ0) is 10.8. The van der Waals surface area contributed by atoms with Crippen LogP contribution in [0.5, 0.6) is 0 Å². The Kier molecular flexibility index (Phi) is 3.19. The Morgan fingerprint density at radius 2 is 2.07 bits per heavy atom. The highest BCUT2D eigenvalue weighted by atomic mass is 35.5. The molecule has 0 aliphatic heterocycles. The first-order valence-electron chi connectivity index (χ1n) is 4.88. The Balaban J connectivity index is 2.41. The van der Waals surface area contributed by atoms with Crippen molar-refractivity contribution in [1.29, 1.82) is 0 Å². The summed E-state index contributed by atoms with van der Waals surface area (Å²) in [4.78, 5) is 3.27. The summed E-state index contributed by atoms with van der Waals surface area (Å²) in [5.41, 5.74) is 2.07. The Labute approximate surface area is 98.6 Å². The largest absolute Gasteiger partial charge is 0.356 e. The molecule has 15 heavy (non-hydrogen) atoms. The molecule has 0 aliphatic carbocycles. The standard InChI is InChI=1S/C11H12Cl2N2/c1-2-14-6-9-4-7-3-8(12)5-10(13)11(7)15-9/h3-5,14-15H,2,6H2,1H3. The topological polar surface area (TPSA) is 27.8 Å². The molecule has 2 rings (SSSR count). The first-order valence-corrected chi connectivity index (χ1v) is 5.63. The third-order valence-corrected chi connectivity index (χ3v) is 2.78. The minimum Gasteiger partial charge on any atom is -0.356 e. The minimum atomic E-state index is 0.667. The Bertz CT molecular complexity index is 477. The quantitative estimate of drug-likeness (QED) is 0.847. The number of nitrogens with one attached hydrogen (secondary N) is 2. The van der Waals surface area contributed by atoms with E-state index < -0.39 is 0 Å². The van der Waals surface area contributed by atoms with Gasteiger partial charge in [-0.3, -0.25) is 0 Å². The van der Waals surface area contributed by atoms with Gasteiger partial charge in [-0.25, -0.2) is 0 Å². The van der Waals surface area contributed by atoms with Crippen molar-refractivity contribution in [3.05, 3.63) is 33.9 Å². The second-order valence-electron chi connectivity index (χ2n) is 3.43. The number of H-pyrrole nitrogens is 1. The zero-order valence-electron chi connectivity index (χ0n) is 8.40. The van der Waals surface area contributed by atoms with Crippen LogP contribution in [0.4, 0.5) is 0 Å². The fourth-order valence-electron chi connectivity index (χ4n) is 1.58. The maximum atomic E-state index is 6.07. The smallest absolute Gasteiger partial charge is 0.0661 e. The molecular formula is C11H12Cl2N2. The zero-order valence-corrected chi connectivity index (χ0v) is 9.91. The highest BCUT2D eigenvalue weighted by molar-refractivity contribution is 6.38. The van der Waals surface area contributed by atoms with Crippen molar-refractivity contribution in [1.82, 2.24) is 10.3 Å². The lowest BCUT2D eigenvalue weighted by Gasteiger charge is -1.97. The molecule has 0 radical (unpaired) electrons. The number of benzene rings is 1. The lowest BCUT2D eigenvalue weighted by atomic mass is 10.2. The molecule has 1 aromatic carbocycles. The average Bonchev–Trinajstić information content (AvgIpc) is 2.57. The van der Waals surface area contributed by atoms with Crippen molar-refractivity contribution in [2.45, 2.75) is 13.5 Å². The summed E-state index contributed by atoms with van der Waals surface area (Å²) < 4.78 is 0. The van der Waals surface area contributed by atoms with Crippen LogP contribution in [0.1, 0.15) is 12.6 Å². The van der Waals surface area contributed by atoms with Crippen LogP contribution >= 0.6 is 23.2 Å². The molecular weight excluding hydrogens is 231 g/mol. The molecule has 0 saturated carbocycles. The predicted molar refractivity (Wildman–Crippen MR) is 65.7 cm³/mol. The second kappa shape index (κ2) is 4.44. The van der Waals surface area contributed by atoms with Crippen molar-refractivity contribution in [2.24, 2.45) is 0 Å². The maximum absolute atomic E-state index is 6.07. The molecule has 0 fully saturated rings. The molecule has 2 aromatic rings. The SMILES string of the molecule is CCNCc1cc2cc(Cl)cc(Cl)c2[nH]1. The van der Waals surface area contributed by atoms with E-state index >= 15 is 0 Å². The van der Waals surface area contributed by atoms with Gasteiger partial charge >= 0.3 is 0 Å². The fraction of sp³-hybridized carbons (Fsp3) is 0.273. The molecule has 1 heterocycles. The first kappa shape index (κ1) is 10.8. The molecule has 0 saturated heterocycles. The van der Waals surface area contributed by atoms with Gasteiger partial charge in [0.1, 0.15) is 0 Å². The van der Waals surface area contributed by atoms with Crippen molar-refractivity contribution < 1.29 is 0 Å². The van der Waals surface area contributed by atoms with Crippen LogP contribution in [0, 0.1) is 0 Å². The summed E-state index contributed by atoms with van der Waals surface area (Å²) in [5, 5.41) is 5.64. The molecule has 80 valence electrons. The number of hydrogen-bond donors (Lipinski definition) is 2. The van der Waals surface area contributed by atoms with Crippen molar-refractivity contribution in [3.63, 3.8) is 0 Å². The lowest BCUT2D eigenvalue weighted by Crippen LogP contribution is -2.11. The maximum Gasteiger partial charge on any atom is 0.0661 e. The molecule has 4 heteroatoms. The molecule has 0 spiro atoms. The number of aromatic nitrogens is 1. The van der Waals surface area contributed by atoms with Gasteiger partial charge in [0.05, 0.1) is 10.5 Å². The van der Waals surface area contributed by atoms with Crippen LogP contribution in [0.3, 0.4) is 0 Å². The van der Waals surface area contributed by atoms with Crippen molar-refractivity contribution in [3.8, 4) is 0 Å². The van der Waals surface area contributed by atoms with Crippen LogP contribution in [0.15, 0.2) is 18.2 Å². The van der Waals surface area contributed by atoms with E-state index in [9.17, 15) is 0 Å². The minimum absolute atomic E-state index is 0.667. The molecule has 2 N–H and O–H groups in total.